The smallest absolute Gasteiger partial charge is 0.305 e. The second-order valence-electron chi connectivity index (χ2n) is 4.03. The van der Waals surface area contributed by atoms with Crippen molar-refractivity contribution in [2.75, 3.05) is 0 Å². The summed E-state index contributed by atoms with van der Waals surface area (Å²) < 4.78 is 26.8. The predicted octanol–water partition coefficient (Wildman–Crippen LogP) is 1.13. The van der Waals surface area contributed by atoms with Crippen LogP contribution in [0.5, 0.6) is 0 Å². The van der Waals surface area contributed by atoms with Crippen LogP contribution in [0.1, 0.15) is 25.0 Å². The van der Waals surface area contributed by atoms with Crippen LogP contribution in [0.15, 0.2) is 21.2 Å². The molecule has 1 aromatic rings. The molecule has 2 N–H and O–H groups in total. The maximum absolute atomic E-state index is 12.1. The highest BCUT2D eigenvalue weighted by molar-refractivity contribution is 7.91. The fraction of sp³-hybridized carbons (Fsp3) is 0.500. The molecule has 5 nitrogen and oxygen atoms in total. The lowest BCUT2D eigenvalue weighted by Crippen LogP contribution is -2.35. The lowest BCUT2D eigenvalue weighted by atomic mass is 10.0. The van der Waals surface area contributed by atoms with Gasteiger partial charge in [-0.15, -0.1) is 0 Å². The first-order chi connectivity index (χ1) is 7.99. The zero-order valence-corrected chi connectivity index (χ0v) is 11.0. The minimum atomic E-state index is -3.57. The molecular weight excluding hydrogens is 260 g/mol. The molecule has 0 saturated heterocycles. The number of aromatic amines is 1. The Balaban J connectivity index is 2.22. The molecule has 1 aliphatic rings. The summed E-state index contributed by atoms with van der Waals surface area (Å²) in [6, 6.07) is -0.0680. The van der Waals surface area contributed by atoms with E-state index in [0.29, 0.717) is 12.1 Å². The van der Waals surface area contributed by atoms with E-state index in [4.69, 9.17) is 0 Å². The van der Waals surface area contributed by atoms with Crippen molar-refractivity contribution in [3.63, 3.8) is 0 Å². The van der Waals surface area contributed by atoms with E-state index in [1.165, 1.54) is 0 Å². The predicted molar refractivity (Wildman–Crippen MR) is 66.8 cm³/mol. The average Bonchev–Trinajstić information content (AvgIpc) is 2.59. The largest absolute Gasteiger partial charge is 0.315 e. The average molecular weight is 274 g/mol. The van der Waals surface area contributed by atoms with Gasteiger partial charge in [-0.1, -0.05) is 23.5 Å². The standard InChI is InChI=1S/C10H14N2O3S2/c1-7-9(16-10(13)11-7)17(14,15)12-8-5-3-2-4-6-8/h2-3,8,12H,4-6H2,1H3,(H,11,13). The number of aryl methyl sites for hydroxylation is 1. The van der Waals surface area contributed by atoms with Crippen molar-refractivity contribution in [1.82, 2.24) is 9.71 Å². The Kier molecular flexibility index (Phi) is 3.50. The zero-order valence-electron chi connectivity index (χ0n) is 9.39. The quantitative estimate of drug-likeness (QED) is 0.811. The summed E-state index contributed by atoms with van der Waals surface area (Å²) in [7, 11) is -3.57. The van der Waals surface area contributed by atoms with Gasteiger partial charge < -0.3 is 4.98 Å². The fourth-order valence-corrected chi connectivity index (χ4v) is 4.42. The Hall–Kier alpha value is -0.920. The van der Waals surface area contributed by atoms with Gasteiger partial charge in [0.1, 0.15) is 0 Å². The van der Waals surface area contributed by atoms with Crippen molar-refractivity contribution in [2.24, 2.45) is 0 Å². The molecule has 94 valence electrons. The van der Waals surface area contributed by atoms with Gasteiger partial charge in [0.2, 0.25) is 0 Å². The molecule has 0 fully saturated rings. The monoisotopic (exact) mass is 274 g/mol. The Labute approximate surface area is 104 Å². The Bertz CT molecular complexity index is 583. The SMILES string of the molecule is Cc1[nH]c(=O)sc1S(=O)(=O)NC1CC=CCC1. The van der Waals surface area contributed by atoms with E-state index in [-0.39, 0.29) is 15.1 Å². The van der Waals surface area contributed by atoms with Crippen molar-refractivity contribution in [3.05, 3.63) is 27.5 Å². The van der Waals surface area contributed by atoms with Crippen LogP contribution in [-0.4, -0.2) is 19.4 Å². The summed E-state index contributed by atoms with van der Waals surface area (Å²) in [4.78, 5) is 13.2. The van der Waals surface area contributed by atoms with Crippen LogP contribution in [0.3, 0.4) is 0 Å². The highest BCUT2D eigenvalue weighted by Gasteiger charge is 2.24. The van der Waals surface area contributed by atoms with E-state index in [1.807, 2.05) is 12.2 Å². The second kappa shape index (κ2) is 4.75. The summed E-state index contributed by atoms with van der Waals surface area (Å²) >= 11 is 0.730. The first-order valence-electron chi connectivity index (χ1n) is 5.36. The summed E-state index contributed by atoms with van der Waals surface area (Å²) in [5.74, 6) is 0. The van der Waals surface area contributed by atoms with E-state index in [2.05, 4.69) is 9.71 Å². The lowest BCUT2D eigenvalue weighted by Gasteiger charge is -2.18. The number of allylic oxidation sites excluding steroid dienone is 1. The van der Waals surface area contributed by atoms with E-state index in [1.54, 1.807) is 6.92 Å². The third-order valence-corrected chi connectivity index (χ3v) is 5.74. The molecule has 1 aromatic heterocycles. The second-order valence-corrected chi connectivity index (χ2v) is 6.92. The van der Waals surface area contributed by atoms with Crippen molar-refractivity contribution < 1.29 is 8.42 Å². The number of H-pyrrole nitrogens is 1. The summed E-state index contributed by atoms with van der Waals surface area (Å²) in [5, 5.41) is 0. The molecule has 0 bridgehead atoms. The molecule has 1 heterocycles. The summed E-state index contributed by atoms with van der Waals surface area (Å²) in [6.45, 7) is 1.59. The lowest BCUT2D eigenvalue weighted by molar-refractivity contribution is 0.523. The Morgan fingerprint density at radius 2 is 2.24 bits per heavy atom. The van der Waals surface area contributed by atoms with Gasteiger partial charge in [-0.05, 0) is 26.2 Å². The molecule has 0 aromatic carbocycles. The van der Waals surface area contributed by atoms with E-state index < -0.39 is 10.0 Å². The molecule has 1 unspecified atom stereocenters. The molecule has 0 radical (unpaired) electrons. The van der Waals surface area contributed by atoms with Gasteiger partial charge >= 0.3 is 4.87 Å². The topological polar surface area (TPSA) is 79.0 Å². The number of nitrogens with one attached hydrogen (secondary N) is 2. The normalized spacial score (nSPS) is 20.6. The van der Waals surface area contributed by atoms with Crippen LogP contribution < -0.4 is 9.60 Å². The molecule has 7 heteroatoms. The summed E-state index contributed by atoms with van der Waals surface area (Å²) in [6.07, 6.45) is 6.41. The number of thiazole rings is 1. The molecule has 0 amide bonds. The molecule has 2 rings (SSSR count). The van der Waals surface area contributed by atoms with Crippen molar-refractivity contribution in [1.29, 1.82) is 0 Å². The fourth-order valence-electron chi connectivity index (χ4n) is 1.82. The van der Waals surface area contributed by atoms with Crippen LogP contribution in [0.25, 0.3) is 0 Å². The van der Waals surface area contributed by atoms with Gasteiger partial charge in [0.25, 0.3) is 10.0 Å². The Morgan fingerprint density at radius 1 is 1.47 bits per heavy atom. The molecule has 0 aliphatic heterocycles. The van der Waals surface area contributed by atoms with Gasteiger partial charge in [-0.25, -0.2) is 13.1 Å². The van der Waals surface area contributed by atoms with E-state index in [0.717, 1.165) is 24.2 Å². The van der Waals surface area contributed by atoms with Crippen LogP contribution >= 0.6 is 11.3 Å². The molecular formula is C10H14N2O3S2. The zero-order chi connectivity index (χ0) is 12.5. The van der Waals surface area contributed by atoms with Gasteiger partial charge in [0.05, 0.1) is 0 Å². The van der Waals surface area contributed by atoms with Crippen molar-refractivity contribution >= 4 is 21.4 Å². The maximum atomic E-state index is 12.1. The minimum Gasteiger partial charge on any atom is -0.315 e. The number of hydrogen-bond donors (Lipinski definition) is 2. The molecule has 1 aliphatic carbocycles. The van der Waals surface area contributed by atoms with Gasteiger partial charge in [-0.2, -0.15) is 0 Å². The van der Waals surface area contributed by atoms with Crippen LogP contribution in [0.2, 0.25) is 0 Å². The number of sulfonamides is 1. The first kappa shape index (κ1) is 12.5. The summed E-state index contributed by atoms with van der Waals surface area (Å²) in [5.41, 5.74) is 0.402. The molecule has 0 spiro atoms. The van der Waals surface area contributed by atoms with Gasteiger partial charge in [-0.3, -0.25) is 4.79 Å². The first-order valence-corrected chi connectivity index (χ1v) is 7.66. The van der Waals surface area contributed by atoms with Gasteiger partial charge in [0.15, 0.2) is 4.21 Å². The van der Waals surface area contributed by atoms with Crippen LogP contribution in [0.4, 0.5) is 0 Å². The number of rotatable bonds is 3. The Morgan fingerprint density at radius 3 is 2.76 bits per heavy atom. The molecule has 17 heavy (non-hydrogen) atoms. The van der Waals surface area contributed by atoms with Crippen LogP contribution in [0, 0.1) is 6.92 Å². The third-order valence-electron chi connectivity index (χ3n) is 2.62. The highest BCUT2D eigenvalue weighted by Crippen LogP contribution is 2.19. The molecule has 0 saturated carbocycles. The van der Waals surface area contributed by atoms with Crippen molar-refractivity contribution in [3.8, 4) is 0 Å². The van der Waals surface area contributed by atoms with E-state index in [9.17, 15) is 13.2 Å². The highest BCUT2D eigenvalue weighted by atomic mass is 32.2. The number of hydrogen-bond acceptors (Lipinski definition) is 4. The number of aromatic nitrogens is 1. The van der Waals surface area contributed by atoms with E-state index >= 15 is 0 Å². The minimum absolute atomic E-state index is 0.0680. The maximum Gasteiger partial charge on any atom is 0.305 e. The molecule has 1 atom stereocenters. The van der Waals surface area contributed by atoms with Crippen LogP contribution in [-0.2, 0) is 10.0 Å². The third kappa shape index (κ3) is 2.85. The van der Waals surface area contributed by atoms with Gasteiger partial charge in [0, 0.05) is 11.7 Å². The van der Waals surface area contributed by atoms with Crippen molar-refractivity contribution in [2.45, 2.75) is 36.4 Å².